The van der Waals surface area contributed by atoms with E-state index in [1.165, 1.54) is 31.1 Å². The zero-order valence-corrected chi connectivity index (χ0v) is 30.2. The Morgan fingerprint density at radius 1 is 0.315 bits per heavy atom. The number of aromatic nitrogens is 2. The number of carbonyl (C=O) groups excluding carboxylic acids is 4. The van der Waals surface area contributed by atoms with Gasteiger partial charge in [0.15, 0.2) is 0 Å². The minimum absolute atomic E-state index is 0.169. The number of hydrogen-bond donors (Lipinski definition) is 0. The van der Waals surface area contributed by atoms with Gasteiger partial charge in [-0.05, 0) is 62.1 Å². The number of hydrogen-bond acceptors (Lipinski definition) is 8. The van der Waals surface area contributed by atoms with Gasteiger partial charge in [-0.2, -0.15) is 0 Å². The highest BCUT2D eigenvalue weighted by atomic mass is 16.2. The summed E-state index contributed by atoms with van der Waals surface area (Å²) in [6.45, 7) is 1.02. The van der Waals surface area contributed by atoms with Crippen molar-refractivity contribution in [1.82, 2.24) is 18.9 Å². The summed E-state index contributed by atoms with van der Waals surface area (Å²) in [5.74, 6) is -1.67. The third-order valence-corrected chi connectivity index (χ3v) is 11.6. The Morgan fingerprint density at radius 2 is 0.556 bits per heavy atom. The predicted octanol–water partition coefficient (Wildman–Crippen LogP) is 5.43. The average Bonchev–Trinajstić information content (AvgIpc) is 3.54. The normalized spacial score (nSPS) is 18.5. The van der Waals surface area contributed by atoms with Gasteiger partial charge in [0.05, 0.1) is 21.5 Å². The molecule has 12 heterocycles. The molecular weight excluding hydrogens is 688 g/mol. The van der Waals surface area contributed by atoms with Gasteiger partial charge in [0.1, 0.15) is 0 Å². The number of imide groups is 2. The smallest absolute Gasteiger partial charge is 0.261 e. The fraction of sp³-hybridized carbons (Fsp3) is 0.429. The fourth-order valence-electron chi connectivity index (χ4n) is 8.71. The van der Waals surface area contributed by atoms with Crippen molar-refractivity contribution in [2.75, 3.05) is 13.1 Å². The summed E-state index contributed by atoms with van der Waals surface area (Å²) in [4.78, 5) is 110. The molecule has 10 aliphatic rings. The van der Waals surface area contributed by atoms with Crippen LogP contribution in [0.4, 0.5) is 0 Å². The van der Waals surface area contributed by atoms with E-state index in [9.17, 15) is 38.4 Å². The molecule has 15 rings (SSSR count). The van der Waals surface area contributed by atoms with Crippen molar-refractivity contribution >= 4 is 55.9 Å². The van der Waals surface area contributed by atoms with Gasteiger partial charge >= 0.3 is 0 Å². The molecule has 10 aliphatic heterocycles. The van der Waals surface area contributed by atoms with Crippen LogP contribution in [0.15, 0.2) is 55.6 Å². The van der Waals surface area contributed by atoms with Gasteiger partial charge in [0, 0.05) is 59.2 Å². The lowest BCUT2D eigenvalue weighted by Gasteiger charge is -2.32. The van der Waals surface area contributed by atoms with Crippen LogP contribution in [0.3, 0.4) is 0 Å². The number of amides is 4. The lowest BCUT2D eigenvalue weighted by molar-refractivity contribution is 0.0586. The predicted molar refractivity (Wildman–Crippen MR) is 204 cm³/mol. The molecule has 0 atom stereocenters. The quantitative estimate of drug-likeness (QED) is 0.191. The summed E-state index contributed by atoms with van der Waals surface area (Å²) in [5.41, 5.74) is -0.446. The Kier molecular flexibility index (Phi) is 9.45. The van der Waals surface area contributed by atoms with Crippen LogP contribution < -0.4 is 22.2 Å². The van der Waals surface area contributed by atoms with Crippen LogP contribution in [0.5, 0.6) is 0 Å². The second kappa shape index (κ2) is 14.4. The van der Waals surface area contributed by atoms with Gasteiger partial charge in [-0.25, -0.2) is 0 Å². The SMILES string of the molecule is O=C1c2ccc3c4c5ccc(c24)C(=O)N1CCCCCCCCCn1c(=O)c2cc4c(=O)n(c(=O)c4cc2c1=O)CCCCCCCCCN(C3=O)C5=O. The molecule has 2 aromatic heterocycles. The summed E-state index contributed by atoms with van der Waals surface area (Å²) in [6, 6.07) is 9.25. The molecule has 0 saturated carbocycles. The van der Waals surface area contributed by atoms with E-state index in [0.29, 0.717) is 58.7 Å². The lowest BCUT2D eigenvalue weighted by Crippen LogP contribution is -2.43. The van der Waals surface area contributed by atoms with Crippen molar-refractivity contribution in [3.8, 4) is 0 Å². The molecule has 0 spiro atoms. The van der Waals surface area contributed by atoms with Crippen LogP contribution in [-0.2, 0) is 13.1 Å². The molecule has 0 unspecified atom stereocenters. The Bertz CT molecular complexity index is 2280. The minimum atomic E-state index is -0.438. The van der Waals surface area contributed by atoms with Crippen LogP contribution in [-0.4, -0.2) is 55.7 Å². The van der Waals surface area contributed by atoms with E-state index in [2.05, 4.69) is 0 Å². The van der Waals surface area contributed by atoms with Crippen LogP contribution in [0, 0.1) is 0 Å². The first-order valence-corrected chi connectivity index (χ1v) is 19.4. The van der Waals surface area contributed by atoms with Crippen LogP contribution in [0.25, 0.3) is 32.3 Å². The van der Waals surface area contributed by atoms with E-state index in [1.807, 2.05) is 0 Å². The summed E-state index contributed by atoms with van der Waals surface area (Å²) < 4.78 is 2.42. The molecule has 0 N–H and O–H groups in total. The Hall–Kier alpha value is -5.52. The lowest BCUT2D eigenvalue weighted by atomic mass is 9.86. The van der Waals surface area contributed by atoms with Crippen LogP contribution in [0.2, 0.25) is 0 Å². The molecule has 14 bridgehead atoms. The van der Waals surface area contributed by atoms with E-state index >= 15 is 0 Å². The van der Waals surface area contributed by atoms with E-state index in [1.54, 1.807) is 24.3 Å². The van der Waals surface area contributed by atoms with Gasteiger partial charge in [0.25, 0.3) is 45.9 Å². The number of benzene rings is 3. The third-order valence-electron chi connectivity index (χ3n) is 11.6. The molecule has 12 nitrogen and oxygen atoms in total. The molecule has 278 valence electrons. The highest BCUT2D eigenvalue weighted by molar-refractivity contribution is 6.33. The van der Waals surface area contributed by atoms with Gasteiger partial charge in [-0.3, -0.25) is 57.3 Å². The monoisotopic (exact) mass is 730 g/mol. The zero-order valence-electron chi connectivity index (χ0n) is 30.2. The van der Waals surface area contributed by atoms with Crippen LogP contribution >= 0.6 is 0 Å². The Balaban J connectivity index is 0.999. The summed E-state index contributed by atoms with van der Waals surface area (Å²) in [6.07, 6.45) is 11.0. The van der Waals surface area contributed by atoms with Crippen molar-refractivity contribution in [3.05, 3.63) is 100 Å². The summed E-state index contributed by atoms with van der Waals surface area (Å²) >= 11 is 0. The summed E-state index contributed by atoms with van der Waals surface area (Å²) in [5, 5.41) is 1.44. The molecule has 3 aromatic carbocycles. The van der Waals surface area contributed by atoms with Gasteiger partial charge in [-0.1, -0.05) is 64.2 Å². The molecular formula is C42H42N4O8. The molecule has 0 aliphatic carbocycles. The van der Waals surface area contributed by atoms with Gasteiger partial charge < -0.3 is 0 Å². The minimum Gasteiger partial charge on any atom is -0.274 e. The van der Waals surface area contributed by atoms with E-state index in [-0.39, 0.29) is 47.7 Å². The largest absolute Gasteiger partial charge is 0.274 e. The summed E-state index contributed by atoms with van der Waals surface area (Å²) in [7, 11) is 0. The molecule has 5 aromatic rings. The van der Waals surface area contributed by atoms with E-state index < -0.39 is 45.9 Å². The van der Waals surface area contributed by atoms with Crippen molar-refractivity contribution in [2.24, 2.45) is 0 Å². The molecule has 4 amide bonds. The maximum absolute atomic E-state index is 13.6. The number of carbonyl (C=O) groups is 4. The second-order valence-electron chi connectivity index (χ2n) is 15.0. The Labute approximate surface area is 309 Å². The molecule has 0 radical (unpaired) electrons. The van der Waals surface area contributed by atoms with Crippen molar-refractivity contribution in [2.45, 2.75) is 103 Å². The van der Waals surface area contributed by atoms with Crippen molar-refractivity contribution in [1.29, 1.82) is 0 Å². The first-order valence-electron chi connectivity index (χ1n) is 19.4. The first-order chi connectivity index (χ1) is 26.2. The molecule has 54 heavy (non-hydrogen) atoms. The van der Waals surface area contributed by atoms with Crippen molar-refractivity contribution in [3.63, 3.8) is 0 Å². The average molecular weight is 731 g/mol. The van der Waals surface area contributed by atoms with E-state index in [4.69, 9.17) is 0 Å². The first kappa shape index (κ1) is 35.5. The third kappa shape index (κ3) is 5.82. The maximum atomic E-state index is 13.6. The highest BCUT2D eigenvalue weighted by Crippen LogP contribution is 2.38. The van der Waals surface area contributed by atoms with Gasteiger partial charge in [-0.15, -0.1) is 0 Å². The van der Waals surface area contributed by atoms with E-state index in [0.717, 1.165) is 64.2 Å². The number of rotatable bonds is 0. The van der Waals surface area contributed by atoms with Crippen LogP contribution in [0.1, 0.15) is 131 Å². The number of nitrogens with zero attached hydrogens (tertiary/aromatic N) is 4. The standard InChI is InChI=1S/C42H42N4O8/c47-35-25-15-17-27-34-28-18-16-26(33(25)34)36(48)43(35)19-11-7-3-1-5-9-13-21-45-39(51)29-23-31-32(24-30(29)40(45)52)42(54)46(41(31)53)22-14-10-6-2-4-8-12-20-44(37(27)49)38(28)50/h15-18,23-24H,1-14,19-22H2. The topological polar surface area (TPSA) is 153 Å². The second-order valence-corrected chi connectivity index (χ2v) is 15.0. The highest BCUT2D eigenvalue weighted by Gasteiger charge is 2.39. The fourth-order valence-corrected chi connectivity index (χ4v) is 8.71. The maximum Gasteiger partial charge on any atom is 0.261 e. The molecule has 0 fully saturated rings. The molecule has 0 saturated heterocycles. The molecule has 12 heteroatoms. The zero-order chi connectivity index (χ0) is 37.7. The Morgan fingerprint density at radius 3 is 0.833 bits per heavy atom. The van der Waals surface area contributed by atoms with Gasteiger partial charge in [0.2, 0.25) is 0 Å². The van der Waals surface area contributed by atoms with Crippen molar-refractivity contribution < 1.29 is 19.2 Å².